The highest BCUT2D eigenvalue weighted by molar-refractivity contribution is 5.78. The fraction of sp³-hybridized carbons (Fsp3) is 0.533. The molecule has 1 amide bonds. The van der Waals surface area contributed by atoms with Crippen LogP contribution in [-0.2, 0) is 11.3 Å². The maximum absolute atomic E-state index is 11.9. The molecule has 6 nitrogen and oxygen atoms in total. The molecule has 0 atom stereocenters. The summed E-state index contributed by atoms with van der Waals surface area (Å²) in [6, 6.07) is 3.79. The number of fused-ring (bicyclic) bond motifs is 1. The van der Waals surface area contributed by atoms with Crippen LogP contribution in [0, 0.1) is 0 Å². The molecule has 2 rings (SSSR count). The summed E-state index contributed by atoms with van der Waals surface area (Å²) in [4.78, 5) is 13.7. The number of ether oxygens (including phenoxy) is 3. The topological polar surface area (TPSA) is 60.0 Å². The predicted molar refractivity (Wildman–Crippen MR) is 78.8 cm³/mol. The van der Waals surface area contributed by atoms with Gasteiger partial charge in [-0.05, 0) is 31.5 Å². The van der Waals surface area contributed by atoms with Crippen LogP contribution in [-0.4, -0.2) is 44.3 Å². The van der Waals surface area contributed by atoms with E-state index in [1.807, 2.05) is 26.0 Å². The number of carbonyl (C=O) groups is 1. The van der Waals surface area contributed by atoms with Gasteiger partial charge in [0.1, 0.15) is 0 Å². The Labute approximate surface area is 125 Å². The van der Waals surface area contributed by atoms with E-state index in [-0.39, 0.29) is 12.7 Å². The molecule has 0 aromatic heterocycles. The molecule has 0 fully saturated rings. The summed E-state index contributed by atoms with van der Waals surface area (Å²) in [7, 11) is 1.60. The first-order chi connectivity index (χ1) is 10.2. The molecule has 1 N–H and O–H groups in total. The lowest BCUT2D eigenvalue weighted by Gasteiger charge is -2.18. The standard InChI is InChI=1S/C15H22N2O4/c1-4-17(5-2)14(18)9-16-8-11-6-12(19-3)15-13(7-11)20-10-21-15/h6-7,16H,4-5,8-10H2,1-3H3. The number of hydrogen-bond acceptors (Lipinski definition) is 5. The third kappa shape index (κ3) is 3.58. The van der Waals surface area contributed by atoms with Crippen molar-refractivity contribution in [3.8, 4) is 17.2 Å². The van der Waals surface area contributed by atoms with Crippen molar-refractivity contribution in [3.05, 3.63) is 17.7 Å². The van der Waals surface area contributed by atoms with Gasteiger partial charge in [-0.2, -0.15) is 0 Å². The van der Waals surface area contributed by atoms with Crippen LogP contribution in [0.4, 0.5) is 0 Å². The molecular formula is C15H22N2O4. The second-order valence-corrected chi connectivity index (χ2v) is 4.70. The van der Waals surface area contributed by atoms with Crippen LogP contribution in [0.1, 0.15) is 19.4 Å². The summed E-state index contributed by atoms with van der Waals surface area (Å²) in [6.07, 6.45) is 0. The molecule has 1 aromatic carbocycles. The van der Waals surface area contributed by atoms with Gasteiger partial charge in [0, 0.05) is 19.6 Å². The zero-order valence-electron chi connectivity index (χ0n) is 12.8. The molecule has 0 saturated heterocycles. The van der Waals surface area contributed by atoms with Crippen LogP contribution in [0.25, 0.3) is 0 Å². The summed E-state index contributed by atoms with van der Waals surface area (Å²) in [6.45, 7) is 6.51. The molecule has 1 heterocycles. The maximum atomic E-state index is 11.9. The Morgan fingerprint density at radius 1 is 1.33 bits per heavy atom. The highest BCUT2D eigenvalue weighted by Gasteiger charge is 2.20. The smallest absolute Gasteiger partial charge is 0.236 e. The van der Waals surface area contributed by atoms with E-state index in [1.54, 1.807) is 12.0 Å². The molecular weight excluding hydrogens is 272 g/mol. The molecule has 0 bridgehead atoms. The molecule has 0 unspecified atom stereocenters. The van der Waals surface area contributed by atoms with E-state index < -0.39 is 0 Å². The number of methoxy groups -OCH3 is 1. The summed E-state index contributed by atoms with van der Waals surface area (Å²) in [5.74, 6) is 2.08. The van der Waals surface area contributed by atoms with Crippen molar-refractivity contribution in [3.63, 3.8) is 0 Å². The third-order valence-corrected chi connectivity index (χ3v) is 3.44. The SMILES string of the molecule is CCN(CC)C(=O)CNCc1cc(OC)c2c(c1)OCO2. The fourth-order valence-corrected chi connectivity index (χ4v) is 2.29. The van der Waals surface area contributed by atoms with Gasteiger partial charge in [0.15, 0.2) is 11.5 Å². The van der Waals surface area contributed by atoms with Crippen LogP contribution in [0.3, 0.4) is 0 Å². The van der Waals surface area contributed by atoms with E-state index in [1.165, 1.54) is 0 Å². The van der Waals surface area contributed by atoms with Crippen molar-refractivity contribution in [2.24, 2.45) is 0 Å². The fourth-order valence-electron chi connectivity index (χ4n) is 2.29. The minimum atomic E-state index is 0.104. The molecule has 1 aliphatic rings. The number of likely N-dealkylation sites (N-methyl/N-ethyl adjacent to an activating group) is 1. The first-order valence-corrected chi connectivity index (χ1v) is 7.14. The minimum Gasteiger partial charge on any atom is -0.493 e. The Hall–Kier alpha value is -1.95. The largest absolute Gasteiger partial charge is 0.493 e. The Morgan fingerprint density at radius 3 is 2.76 bits per heavy atom. The number of hydrogen-bond donors (Lipinski definition) is 1. The number of amides is 1. The zero-order chi connectivity index (χ0) is 15.2. The predicted octanol–water partition coefficient (Wildman–Crippen LogP) is 1.38. The number of rotatable bonds is 7. The second kappa shape index (κ2) is 7.17. The van der Waals surface area contributed by atoms with Crippen molar-refractivity contribution < 1.29 is 19.0 Å². The van der Waals surface area contributed by atoms with Crippen LogP contribution in [0.15, 0.2) is 12.1 Å². The third-order valence-electron chi connectivity index (χ3n) is 3.44. The van der Waals surface area contributed by atoms with Crippen LogP contribution < -0.4 is 19.5 Å². The average molecular weight is 294 g/mol. The highest BCUT2D eigenvalue weighted by Crippen LogP contribution is 2.41. The number of carbonyl (C=O) groups excluding carboxylic acids is 1. The molecule has 1 aromatic rings. The molecule has 0 aliphatic carbocycles. The molecule has 0 saturated carbocycles. The quantitative estimate of drug-likeness (QED) is 0.823. The monoisotopic (exact) mass is 294 g/mol. The summed E-state index contributed by atoms with van der Waals surface area (Å²) in [5, 5.41) is 3.15. The number of nitrogens with zero attached hydrogens (tertiary/aromatic N) is 1. The van der Waals surface area contributed by atoms with Gasteiger partial charge in [0.05, 0.1) is 13.7 Å². The minimum absolute atomic E-state index is 0.104. The summed E-state index contributed by atoms with van der Waals surface area (Å²) >= 11 is 0. The molecule has 6 heteroatoms. The first-order valence-electron chi connectivity index (χ1n) is 7.14. The highest BCUT2D eigenvalue weighted by atomic mass is 16.7. The van der Waals surface area contributed by atoms with Gasteiger partial charge in [-0.1, -0.05) is 0 Å². The van der Waals surface area contributed by atoms with E-state index in [2.05, 4.69) is 5.32 Å². The van der Waals surface area contributed by atoms with Gasteiger partial charge in [0.2, 0.25) is 18.4 Å². The molecule has 0 spiro atoms. The summed E-state index contributed by atoms with van der Waals surface area (Å²) in [5.41, 5.74) is 0.989. The van der Waals surface area contributed by atoms with Crippen molar-refractivity contribution in [2.45, 2.75) is 20.4 Å². The van der Waals surface area contributed by atoms with Gasteiger partial charge < -0.3 is 24.4 Å². The van der Waals surface area contributed by atoms with Crippen LogP contribution in [0.2, 0.25) is 0 Å². The van der Waals surface area contributed by atoms with E-state index in [0.29, 0.717) is 30.3 Å². The lowest BCUT2D eigenvalue weighted by Crippen LogP contribution is -2.37. The van der Waals surface area contributed by atoms with Crippen LogP contribution >= 0.6 is 0 Å². The normalized spacial score (nSPS) is 12.3. The van der Waals surface area contributed by atoms with Gasteiger partial charge in [-0.3, -0.25) is 4.79 Å². The van der Waals surface area contributed by atoms with Crippen molar-refractivity contribution in [2.75, 3.05) is 33.5 Å². The Morgan fingerprint density at radius 2 is 2.10 bits per heavy atom. The summed E-state index contributed by atoms with van der Waals surface area (Å²) < 4.78 is 16.0. The molecule has 21 heavy (non-hydrogen) atoms. The van der Waals surface area contributed by atoms with Gasteiger partial charge >= 0.3 is 0 Å². The Bertz CT molecular complexity index is 501. The van der Waals surface area contributed by atoms with Crippen LogP contribution in [0.5, 0.6) is 17.2 Å². The van der Waals surface area contributed by atoms with E-state index in [4.69, 9.17) is 14.2 Å². The van der Waals surface area contributed by atoms with E-state index in [9.17, 15) is 4.79 Å². The Kier molecular flexibility index (Phi) is 5.27. The Balaban J connectivity index is 1.93. The van der Waals surface area contributed by atoms with Gasteiger partial charge in [-0.15, -0.1) is 0 Å². The van der Waals surface area contributed by atoms with Gasteiger partial charge in [-0.25, -0.2) is 0 Å². The maximum Gasteiger partial charge on any atom is 0.236 e. The average Bonchev–Trinajstić information content (AvgIpc) is 2.96. The molecule has 0 radical (unpaired) electrons. The zero-order valence-corrected chi connectivity index (χ0v) is 12.8. The van der Waals surface area contributed by atoms with E-state index >= 15 is 0 Å². The van der Waals surface area contributed by atoms with Crippen molar-refractivity contribution in [1.29, 1.82) is 0 Å². The van der Waals surface area contributed by atoms with E-state index in [0.717, 1.165) is 18.7 Å². The molecule has 1 aliphatic heterocycles. The lowest BCUT2D eigenvalue weighted by molar-refractivity contribution is -0.129. The van der Waals surface area contributed by atoms with Crippen molar-refractivity contribution in [1.82, 2.24) is 10.2 Å². The number of nitrogens with one attached hydrogen (secondary N) is 1. The lowest BCUT2D eigenvalue weighted by atomic mass is 10.2. The van der Waals surface area contributed by atoms with Crippen molar-refractivity contribution >= 4 is 5.91 Å². The second-order valence-electron chi connectivity index (χ2n) is 4.70. The number of benzene rings is 1. The first kappa shape index (κ1) is 15.4. The van der Waals surface area contributed by atoms with Gasteiger partial charge in [0.25, 0.3) is 0 Å². The molecule has 116 valence electrons.